The van der Waals surface area contributed by atoms with E-state index in [9.17, 15) is 0 Å². The van der Waals surface area contributed by atoms with Gasteiger partial charge in [-0.2, -0.15) is 0 Å². The molecule has 1 aliphatic carbocycles. The van der Waals surface area contributed by atoms with Crippen LogP contribution in [0.3, 0.4) is 0 Å². The van der Waals surface area contributed by atoms with Crippen molar-refractivity contribution in [1.29, 1.82) is 0 Å². The molecule has 1 aliphatic rings. The van der Waals surface area contributed by atoms with Crippen molar-refractivity contribution < 1.29 is 0 Å². The standard InChI is InChI=1S/C17H14N2/c1-17(2)14-6-4-3-5-12(14)13-7-11-9-18-10-19-16(11)8-15(13)17/h3-10H,1-2H3. The first-order chi connectivity index (χ1) is 9.18. The van der Waals surface area contributed by atoms with Gasteiger partial charge < -0.3 is 0 Å². The summed E-state index contributed by atoms with van der Waals surface area (Å²) in [6.07, 6.45) is 3.50. The summed E-state index contributed by atoms with van der Waals surface area (Å²) >= 11 is 0. The quantitative estimate of drug-likeness (QED) is 0.600. The number of fused-ring (bicyclic) bond motifs is 4. The first kappa shape index (κ1) is 10.7. The predicted molar refractivity (Wildman–Crippen MR) is 77.1 cm³/mol. The van der Waals surface area contributed by atoms with E-state index < -0.39 is 0 Å². The molecule has 4 rings (SSSR count). The predicted octanol–water partition coefficient (Wildman–Crippen LogP) is 3.94. The molecule has 0 saturated carbocycles. The maximum atomic E-state index is 4.38. The lowest BCUT2D eigenvalue weighted by molar-refractivity contribution is 0.661. The van der Waals surface area contributed by atoms with E-state index in [1.165, 1.54) is 22.3 Å². The lowest BCUT2D eigenvalue weighted by atomic mass is 9.82. The Bertz CT molecular complexity index is 803. The van der Waals surface area contributed by atoms with E-state index in [2.05, 4.69) is 60.2 Å². The summed E-state index contributed by atoms with van der Waals surface area (Å²) < 4.78 is 0. The monoisotopic (exact) mass is 246 g/mol. The number of aromatic nitrogens is 2. The fourth-order valence-electron chi connectivity index (χ4n) is 3.18. The number of hydrogen-bond donors (Lipinski definition) is 0. The Hall–Kier alpha value is -2.22. The lowest BCUT2D eigenvalue weighted by Crippen LogP contribution is -2.14. The van der Waals surface area contributed by atoms with Crippen molar-refractivity contribution in [2.24, 2.45) is 0 Å². The molecule has 0 bridgehead atoms. The highest BCUT2D eigenvalue weighted by atomic mass is 14.8. The topological polar surface area (TPSA) is 25.8 Å². The van der Waals surface area contributed by atoms with E-state index in [1.54, 1.807) is 6.33 Å². The molecular formula is C17H14N2. The van der Waals surface area contributed by atoms with Gasteiger partial charge in [-0.05, 0) is 34.4 Å². The second kappa shape index (κ2) is 3.41. The molecule has 2 nitrogen and oxygen atoms in total. The van der Waals surface area contributed by atoms with E-state index in [1.807, 2.05) is 6.20 Å². The zero-order valence-corrected chi connectivity index (χ0v) is 11.0. The maximum absolute atomic E-state index is 4.38. The number of nitrogens with zero attached hydrogens (tertiary/aromatic N) is 2. The maximum Gasteiger partial charge on any atom is 0.116 e. The highest BCUT2D eigenvalue weighted by Gasteiger charge is 2.35. The van der Waals surface area contributed by atoms with Gasteiger partial charge in [0.25, 0.3) is 0 Å². The van der Waals surface area contributed by atoms with Crippen molar-refractivity contribution in [3.63, 3.8) is 0 Å². The average Bonchev–Trinajstić information content (AvgIpc) is 2.66. The van der Waals surface area contributed by atoms with Gasteiger partial charge in [0, 0.05) is 17.0 Å². The van der Waals surface area contributed by atoms with Crippen LogP contribution >= 0.6 is 0 Å². The van der Waals surface area contributed by atoms with Crippen LogP contribution in [0.1, 0.15) is 25.0 Å². The van der Waals surface area contributed by atoms with Crippen molar-refractivity contribution in [1.82, 2.24) is 9.97 Å². The van der Waals surface area contributed by atoms with Crippen LogP contribution in [-0.2, 0) is 5.41 Å². The number of benzene rings is 2. The lowest BCUT2D eigenvalue weighted by Gasteiger charge is -2.21. The molecular weight excluding hydrogens is 232 g/mol. The van der Waals surface area contributed by atoms with Crippen LogP contribution < -0.4 is 0 Å². The molecule has 2 heteroatoms. The van der Waals surface area contributed by atoms with Gasteiger partial charge in [-0.15, -0.1) is 0 Å². The zero-order valence-electron chi connectivity index (χ0n) is 11.0. The van der Waals surface area contributed by atoms with Crippen LogP contribution in [0.4, 0.5) is 0 Å². The average molecular weight is 246 g/mol. The van der Waals surface area contributed by atoms with Gasteiger partial charge in [-0.3, -0.25) is 0 Å². The van der Waals surface area contributed by atoms with Gasteiger partial charge in [-0.1, -0.05) is 38.1 Å². The molecule has 0 aliphatic heterocycles. The molecule has 0 atom stereocenters. The highest BCUT2D eigenvalue weighted by molar-refractivity contribution is 5.91. The summed E-state index contributed by atoms with van der Waals surface area (Å²) in [7, 11) is 0. The van der Waals surface area contributed by atoms with Gasteiger partial charge >= 0.3 is 0 Å². The van der Waals surface area contributed by atoms with Gasteiger partial charge in [0.15, 0.2) is 0 Å². The van der Waals surface area contributed by atoms with Crippen molar-refractivity contribution >= 4 is 10.9 Å². The molecule has 92 valence electrons. The Labute approximate surface area is 112 Å². The molecule has 0 amide bonds. The van der Waals surface area contributed by atoms with Gasteiger partial charge in [0.1, 0.15) is 6.33 Å². The van der Waals surface area contributed by atoms with Crippen molar-refractivity contribution in [2.75, 3.05) is 0 Å². The molecule has 0 saturated heterocycles. The molecule has 0 radical (unpaired) electrons. The SMILES string of the molecule is CC1(C)c2ccccc2-c2cc3cncnc3cc21. The summed E-state index contributed by atoms with van der Waals surface area (Å²) in [5.74, 6) is 0. The second-order valence-electron chi connectivity index (χ2n) is 5.65. The fourth-order valence-corrected chi connectivity index (χ4v) is 3.18. The molecule has 1 heterocycles. The van der Waals surface area contributed by atoms with Gasteiger partial charge in [0.2, 0.25) is 0 Å². The molecule has 0 fully saturated rings. The molecule has 19 heavy (non-hydrogen) atoms. The van der Waals surface area contributed by atoms with E-state index in [0.717, 1.165) is 10.9 Å². The third-order valence-corrected chi connectivity index (χ3v) is 4.21. The third-order valence-electron chi connectivity index (χ3n) is 4.21. The number of rotatable bonds is 0. The first-order valence-electron chi connectivity index (χ1n) is 6.52. The van der Waals surface area contributed by atoms with Crippen molar-refractivity contribution in [3.8, 4) is 11.1 Å². The van der Waals surface area contributed by atoms with E-state index >= 15 is 0 Å². The molecule has 0 spiro atoms. The Kier molecular flexibility index (Phi) is 1.92. The second-order valence-corrected chi connectivity index (χ2v) is 5.65. The zero-order chi connectivity index (χ0) is 13.0. The minimum atomic E-state index is 0.0467. The van der Waals surface area contributed by atoms with Gasteiger partial charge in [-0.25, -0.2) is 9.97 Å². The van der Waals surface area contributed by atoms with Crippen LogP contribution in [0.5, 0.6) is 0 Å². The summed E-state index contributed by atoms with van der Waals surface area (Å²) in [6, 6.07) is 13.1. The molecule has 1 aromatic heterocycles. The Morgan fingerprint density at radius 1 is 0.947 bits per heavy atom. The summed E-state index contributed by atoms with van der Waals surface area (Å²) in [6.45, 7) is 4.56. The van der Waals surface area contributed by atoms with Crippen LogP contribution in [0, 0.1) is 0 Å². The summed E-state index contributed by atoms with van der Waals surface area (Å²) in [5, 5.41) is 1.11. The normalized spacial score (nSPS) is 15.3. The molecule has 2 aromatic carbocycles. The molecule has 3 aromatic rings. The van der Waals surface area contributed by atoms with Crippen molar-refractivity contribution in [3.05, 3.63) is 60.0 Å². The number of hydrogen-bond acceptors (Lipinski definition) is 2. The largest absolute Gasteiger partial charge is 0.244 e. The molecule has 0 unspecified atom stereocenters. The first-order valence-corrected chi connectivity index (χ1v) is 6.52. The third kappa shape index (κ3) is 1.31. The van der Waals surface area contributed by atoms with E-state index in [-0.39, 0.29) is 5.41 Å². The smallest absolute Gasteiger partial charge is 0.116 e. The molecule has 0 N–H and O–H groups in total. The summed E-state index contributed by atoms with van der Waals surface area (Å²) in [4.78, 5) is 8.50. The van der Waals surface area contributed by atoms with E-state index in [0.29, 0.717) is 0 Å². The van der Waals surface area contributed by atoms with Crippen molar-refractivity contribution in [2.45, 2.75) is 19.3 Å². The Morgan fingerprint density at radius 2 is 1.79 bits per heavy atom. The van der Waals surface area contributed by atoms with Gasteiger partial charge in [0.05, 0.1) is 5.52 Å². The van der Waals surface area contributed by atoms with Crippen LogP contribution in [0.15, 0.2) is 48.9 Å². The van der Waals surface area contributed by atoms with Crippen LogP contribution in [0.2, 0.25) is 0 Å². The van der Waals surface area contributed by atoms with Crippen LogP contribution in [-0.4, -0.2) is 9.97 Å². The summed E-state index contributed by atoms with van der Waals surface area (Å²) in [5.41, 5.74) is 6.49. The minimum Gasteiger partial charge on any atom is -0.244 e. The highest BCUT2D eigenvalue weighted by Crippen LogP contribution is 2.49. The van der Waals surface area contributed by atoms with Crippen LogP contribution in [0.25, 0.3) is 22.0 Å². The Morgan fingerprint density at radius 3 is 2.68 bits per heavy atom. The Balaban J connectivity index is 2.15. The van der Waals surface area contributed by atoms with E-state index in [4.69, 9.17) is 0 Å². The fraction of sp³-hybridized carbons (Fsp3) is 0.176. The minimum absolute atomic E-state index is 0.0467.